The van der Waals surface area contributed by atoms with Crippen molar-refractivity contribution < 1.29 is 41.3 Å². The zero-order valence-corrected chi connectivity index (χ0v) is 25.0. The van der Waals surface area contributed by atoms with Gasteiger partial charge in [0.1, 0.15) is 29.9 Å². The van der Waals surface area contributed by atoms with Gasteiger partial charge in [-0.1, -0.05) is 12.1 Å². The van der Waals surface area contributed by atoms with E-state index in [9.17, 15) is 22.4 Å². The summed E-state index contributed by atoms with van der Waals surface area (Å²) in [5.41, 5.74) is 0.558. The molecule has 1 N–H and O–H groups in total. The number of nitrogens with zero attached hydrogens (tertiary/aromatic N) is 2. The summed E-state index contributed by atoms with van der Waals surface area (Å²) in [6, 6.07) is 13.0. The molecule has 0 heterocycles. The lowest BCUT2D eigenvalue weighted by molar-refractivity contribution is -0.139. The highest BCUT2D eigenvalue weighted by atomic mass is 32.2. The van der Waals surface area contributed by atoms with Gasteiger partial charge in [-0.05, 0) is 48.9 Å². The van der Waals surface area contributed by atoms with Crippen molar-refractivity contribution in [3.8, 4) is 23.0 Å². The molecule has 13 heteroatoms. The highest BCUT2D eigenvalue weighted by molar-refractivity contribution is 7.92. The number of rotatable bonds is 13. The maximum absolute atomic E-state index is 14.2. The van der Waals surface area contributed by atoms with Crippen LogP contribution in [0.2, 0.25) is 0 Å². The lowest BCUT2D eigenvalue weighted by Crippen LogP contribution is -2.50. The van der Waals surface area contributed by atoms with E-state index in [2.05, 4.69) is 5.32 Å². The van der Waals surface area contributed by atoms with Crippen molar-refractivity contribution in [1.29, 1.82) is 0 Å². The van der Waals surface area contributed by atoms with Crippen LogP contribution in [0.3, 0.4) is 0 Å². The van der Waals surface area contributed by atoms with Crippen LogP contribution >= 0.6 is 0 Å². The van der Waals surface area contributed by atoms with Crippen LogP contribution < -0.4 is 28.6 Å². The number of sulfonamides is 1. The number of nitrogens with one attached hydrogen (secondary N) is 1. The molecule has 2 amide bonds. The third-order valence-corrected chi connectivity index (χ3v) is 8.31. The minimum Gasteiger partial charge on any atom is -0.497 e. The summed E-state index contributed by atoms with van der Waals surface area (Å²) in [7, 11) is 2.53. The number of carbonyl (C=O) groups is 2. The number of amides is 2. The first kappa shape index (κ1) is 32.0. The molecule has 3 aromatic carbocycles. The second-order valence-electron chi connectivity index (χ2n) is 9.00. The van der Waals surface area contributed by atoms with E-state index in [1.807, 2.05) is 0 Å². The number of ether oxygens (including phenoxy) is 4. The molecule has 0 saturated heterocycles. The van der Waals surface area contributed by atoms with Crippen LogP contribution in [-0.2, 0) is 26.2 Å². The summed E-state index contributed by atoms with van der Waals surface area (Å²) in [4.78, 5) is 27.6. The van der Waals surface area contributed by atoms with Gasteiger partial charge in [-0.2, -0.15) is 0 Å². The fourth-order valence-electron chi connectivity index (χ4n) is 4.19. The molecule has 0 saturated carbocycles. The first-order valence-electron chi connectivity index (χ1n) is 12.7. The Bertz CT molecular complexity index is 1520. The highest BCUT2D eigenvalue weighted by Crippen LogP contribution is 2.37. The predicted molar refractivity (Wildman–Crippen MR) is 154 cm³/mol. The molecule has 0 aliphatic rings. The molecule has 1 unspecified atom stereocenters. The molecule has 11 nitrogen and oxygen atoms in total. The summed E-state index contributed by atoms with van der Waals surface area (Å²) >= 11 is 0. The summed E-state index contributed by atoms with van der Waals surface area (Å²) in [5.74, 6) is -0.711. The number of methoxy groups -OCH3 is 4. The maximum atomic E-state index is 14.2. The number of anilines is 1. The van der Waals surface area contributed by atoms with Crippen LogP contribution in [0.25, 0.3) is 0 Å². The maximum Gasteiger partial charge on any atom is 0.265 e. The quantitative estimate of drug-likeness (QED) is 0.316. The second-order valence-corrected chi connectivity index (χ2v) is 10.9. The molecule has 0 radical (unpaired) electrons. The number of halogens is 1. The zero-order chi connectivity index (χ0) is 31.0. The van der Waals surface area contributed by atoms with E-state index in [1.54, 1.807) is 6.07 Å². The second kappa shape index (κ2) is 13.9. The SMILES string of the molecule is CNC(=O)C(C)N(Cc1ccc(F)cc1)C(=O)CN(c1cc(OC)ccc1OC)S(=O)(=O)c1ccc(OC)c(OC)c1. The number of hydrogen-bond acceptors (Lipinski definition) is 8. The van der Waals surface area contributed by atoms with Gasteiger partial charge in [0.05, 0.1) is 39.0 Å². The minimum absolute atomic E-state index is 0.0225. The average molecular weight is 604 g/mol. The van der Waals surface area contributed by atoms with E-state index in [4.69, 9.17) is 18.9 Å². The van der Waals surface area contributed by atoms with Gasteiger partial charge in [-0.25, -0.2) is 12.8 Å². The molecular weight excluding hydrogens is 569 g/mol. The van der Waals surface area contributed by atoms with Crippen molar-refractivity contribution in [2.24, 2.45) is 0 Å². The predicted octanol–water partition coefficient (Wildman–Crippen LogP) is 3.22. The largest absolute Gasteiger partial charge is 0.497 e. The number of hydrogen-bond donors (Lipinski definition) is 1. The smallest absolute Gasteiger partial charge is 0.265 e. The molecule has 3 rings (SSSR count). The number of carbonyl (C=O) groups excluding carboxylic acids is 2. The summed E-state index contributed by atoms with van der Waals surface area (Å²) in [5, 5.41) is 2.51. The van der Waals surface area contributed by atoms with E-state index in [-0.39, 0.29) is 28.6 Å². The Hall–Kier alpha value is -4.52. The monoisotopic (exact) mass is 603 g/mol. The van der Waals surface area contributed by atoms with E-state index < -0.39 is 40.2 Å². The molecule has 0 bridgehead atoms. The van der Waals surface area contributed by atoms with E-state index >= 15 is 0 Å². The van der Waals surface area contributed by atoms with Crippen LogP contribution in [0.15, 0.2) is 65.6 Å². The lowest BCUT2D eigenvalue weighted by atomic mass is 10.1. The van der Waals surface area contributed by atoms with Crippen molar-refractivity contribution in [3.63, 3.8) is 0 Å². The Labute approximate surface area is 244 Å². The van der Waals surface area contributed by atoms with Crippen molar-refractivity contribution in [1.82, 2.24) is 10.2 Å². The van der Waals surface area contributed by atoms with E-state index in [1.165, 1.54) is 102 Å². The molecule has 0 aromatic heterocycles. The Kier molecular flexibility index (Phi) is 10.6. The summed E-state index contributed by atoms with van der Waals surface area (Å²) in [6.07, 6.45) is 0. The molecule has 0 aliphatic heterocycles. The highest BCUT2D eigenvalue weighted by Gasteiger charge is 2.34. The fourth-order valence-corrected chi connectivity index (χ4v) is 5.62. The average Bonchev–Trinajstić information content (AvgIpc) is 3.01. The van der Waals surface area contributed by atoms with Gasteiger partial charge in [-0.3, -0.25) is 13.9 Å². The molecular formula is C29H34FN3O8S. The van der Waals surface area contributed by atoms with Gasteiger partial charge in [0, 0.05) is 25.7 Å². The van der Waals surface area contributed by atoms with E-state index in [0.29, 0.717) is 17.1 Å². The van der Waals surface area contributed by atoms with Crippen molar-refractivity contribution >= 4 is 27.5 Å². The number of likely N-dealkylation sites (N-methyl/N-ethyl adjacent to an activating group) is 1. The molecule has 0 aliphatic carbocycles. The first-order valence-corrected chi connectivity index (χ1v) is 14.2. The minimum atomic E-state index is -4.46. The van der Waals surface area contributed by atoms with Gasteiger partial charge in [0.2, 0.25) is 11.8 Å². The van der Waals surface area contributed by atoms with Crippen molar-refractivity contribution in [2.45, 2.75) is 24.4 Å². The molecule has 0 spiro atoms. The van der Waals surface area contributed by atoms with Gasteiger partial charge in [0.25, 0.3) is 10.0 Å². The van der Waals surface area contributed by atoms with Crippen LogP contribution in [0.4, 0.5) is 10.1 Å². The van der Waals surface area contributed by atoms with Gasteiger partial charge < -0.3 is 29.2 Å². The lowest BCUT2D eigenvalue weighted by Gasteiger charge is -2.32. The molecule has 0 fully saturated rings. The standard InChI is InChI=1S/C29H34FN3O8S/c1-19(29(35)31-2)32(17-20-7-9-21(30)10-8-20)28(34)18-33(24-15-22(38-3)11-13-25(24)39-4)42(36,37)23-12-14-26(40-5)27(16-23)41-6/h7-16,19H,17-18H2,1-6H3,(H,31,35). The molecule has 42 heavy (non-hydrogen) atoms. The Morgan fingerprint density at radius 3 is 2.05 bits per heavy atom. The first-order chi connectivity index (χ1) is 20.0. The molecule has 1 atom stereocenters. The normalized spacial score (nSPS) is 11.7. The Morgan fingerprint density at radius 1 is 0.857 bits per heavy atom. The van der Waals surface area contributed by atoms with Crippen molar-refractivity contribution in [2.75, 3.05) is 46.3 Å². The summed E-state index contributed by atoms with van der Waals surface area (Å²) < 4.78 is 64.2. The van der Waals surface area contributed by atoms with Gasteiger partial charge in [-0.15, -0.1) is 0 Å². The van der Waals surface area contributed by atoms with Crippen LogP contribution in [0, 0.1) is 5.82 Å². The zero-order valence-electron chi connectivity index (χ0n) is 24.2. The van der Waals surface area contributed by atoms with Gasteiger partial charge in [0.15, 0.2) is 11.5 Å². The van der Waals surface area contributed by atoms with Crippen LogP contribution in [-0.4, -0.2) is 73.2 Å². The van der Waals surface area contributed by atoms with Crippen LogP contribution in [0.5, 0.6) is 23.0 Å². The molecule has 226 valence electrons. The van der Waals surface area contributed by atoms with Crippen molar-refractivity contribution in [3.05, 3.63) is 72.0 Å². The third kappa shape index (κ3) is 7.03. The van der Waals surface area contributed by atoms with Gasteiger partial charge >= 0.3 is 0 Å². The summed E-state index contributed by atoms with van der Waals surface area (Å²) in [6.45, 7) is 0.704. The van der Waals surface area contributed by atoms with Crippen LogP contribution in [0.1, 0.15) is 12.5 Å². The van der Waals surface area contributed by atoms with E-state index in [0.717, 1.165) is 4.31 Å². The molecule has 3 aromatic rings. The Balaban J connectivity index is 2.17. The fraction of sp³-hybridized carbons (Fsp3) is 0.310. The topological polar surface area (TPSA) is 124 Å². The third-order valence-electron chi connectivity index (χ3n) is 6.56. The number of benzene rings is 3. The Morgan fingerprint density at radius 2 is 1.48 bits per heavy atom.